The number of halogens is 1. The molecule has 0 saturated heterocycles. The lowest BCUT2D eigenvalue weighted by Crippen LogP contribution is -2.08. The predicted octanol–water partition coefficient (Wildman–Crippen LogP) is 5.28. The number of ether oxygens (including phenoxy) is 2. The highest BCUT2D eigenvalue weighted by molar-refractivity contribution is 9.10. The third-order valence-corrected chi connectivity index (χ3v) is 4.71. The van der Waals surface area contributed by atoms with Gasteiger partial charge in [0.05, 0.1) is 17.1 Å². The van der Waals surface area contributed by atoms with Crippen LogP contribution in [0.4, 0.5) is 0 Å². The Kier molecular flexibility index (Phi) is 6.46. The maximum atomic E-state index is 12.4. The molecular weight excluding hydrogens is 436 g/mol. The summed E-state index contributed by atoms with van der Waals surface area (Å²) >= 11 is 3.24. The molecule has 3 aromatic rings. The standard InChI is InChI=1S/C23H17BrO5/c1-28-22-14-21(26)19(24)13-17(22)9-12-20(25)15-7-10-18(11-8-15)29-23(27)16-5-3-2-4-6-16/h2-14,26H,1H3/b12-9+. The van der Waals surface area contributed by atoms with Gasteiger partial charge in [-0.2, -0.15) is 0 Å². The Morgan fingerprint density at radius 3 is 2.31 bits per heavy atom. The van der Waals surface area contributed by atoms with Gasteiger partial charge in [0.2, 0.25) is 0 Å². The number of hydrogen-bond acceptors (Lipinski definition) is 5. The molecule has 0 atom stereocenters. The van der Waals surface area contributed by atoms with Crippen molar-refractivity contribution in [3.63, 3.8) is 0 Å². The molecule has 0 radical (unpaired) electrons. The normalized spacial score (nSPS) is 10.7. The molecule has 146 valence electrons. The van der Waals surface area contributed by atoms with Gasteiger partial charge in [-0.1, -0.05) is 18.2 Å². The summed E-state index contributed by atoms with van der Waals surface area (Å²) in [5.74, 6) is 0.152. The maximum absolute atomic E-state index is 12.4. The zero-order valence-corrected chi connectivity index (χ0v) is 17.0. The number of carbonyl (C=O) groups excluding carboxylic acids is 2. The van der Waals surface area contributed by atoms with Crippen molar-refractivity contribution in [1.29, 1.82) is 0 Å². The minimum Gasteiger partial charge on any atom is -0.507 e. The first-order valence-electron chi connectivity index (χ1n) is 8.64. The van der Waals surface area contributed by atoms with Crippen molar-refractivity contribution in [3.8, 4) is 17.2 Å². The molecule has 0 heterocycles. The molecule has 3 aromatic carbocycles. The summed E-state index contributed by atoms with van der Waals surface area (Å²) in [5, 5.41) is 9.72. The van der Waals surface area contributed by atoms with Crippen LogP contribution in [0.25, 0.3) is 6.08 Å². The van der Waals surface area contributed by atoms with Crippen molar-refractivity contribution in [2.75, 3.05) is 7.11 Å². The van der Waals surface area contributed by atoms with Crippen LogP contribution in [0.5, 0.6) is 17.2 Å². The molecule has 0 saturated carbocycles. The Hall–Kier alpha value is -3.38. The smallest absolute Gasteiger partial charge is 0.343 e. The number of aromatic hydroxyl groups is 1. The summed E-state index contributed by atoms with van der Waals surface area (Å²) in [6, 6.07) is 18.1. The van der Waals surface area contributed by atoms with Crippen molar-refractivity contribution < 1.29 is 24.2 Å². The zero-order chi connectivity index (χ0) is 20.8. The Morgan fingerprint density at radius 1 is 0.966 bits per heavy atom. The van der Waals surface area contributed by atoms with Crippen LogP contribution in [-0.2, 0) is 0 Å². The van der Waals surface area contributed by atoms with Crippen LogP contribution in [0.3, 0.4) is 0 Å². The van der Waals surface area contributed by atoms with Gasteiger partial charge < -0.3 is 14.6 Å². The van der Waals surface area contributed by atoms with Gasteiger partial charge in [0.15, 0.2) is 5.78 Å². The number of carbonyl (C=O) groups is 2. The molecule has 0 fully saturated rings. The SMILES string of the molecule is COc1cc(O)c(Br)cc1/C=C/C(=O)c1ccc(OC(=O)c2ccccc2)cc1. The molecule has 0 amide bonds. The largest absolute Gasteiger partial charge is 0.507 e. The molecule has 5 nitrogen and oxygen atoms in total. The van der Waals surface area contributed by atoms with E-state index in [0.29, 0.717) is 32.7 Å². The molecule has 0 spiro atoms. The minimum absolute atomic E-state index is 0.0472. The highest BCUT2D eigenvalue weighted by atomic mass is 79.9. The zero-order valence-electron chi connectivity index (χ0n) is 15.5. The summed E-state index contributed by atoms with van der Waals surface area (Å²) in [4.78, 5) is 24.5. The lowest BCUT2D eigenvalue weighted by Gasteiger charge is -2.07. The number of phenols is 1. The quantitative estimate of drug-likeness (QED) is 0.238. The Balaban J connectivity index is 1.70. The number of benzene rings is 3. The minimum atomic E-state index is -0.463. The van der Waals surface area contributed by atoms with E-state index in [0.717, 1.165) is 0 Å². The van der Waals surface area contributed by atoms with Gasteiger partial charge in [-0.3, -0.25) is 4.79 Å². The average molecular weight is 453 g/mol. The number of hydrogen-bond donors (Lipinski definition) is 1. The van der Waals surface area contributed by atoms with E-state index in [1.165, 1.54) is 19.3 Å². The van der Waals surface area contributed by atoms with Gasteiger partial charge in [-0.25, -0.2) is 4.79 Å². The van der Waals surface area contributed by atoms with Gasteiger partial charge in [0.1, 0.15) is 17.2 Å². The van der Waals surface area contributed by atoms with Crippen LogP contribution in [0.15, 0.2) is 77.3 Å². The van der Waals surface area contributed by atoms with Crippen LogP contribution in [-0.4, -0.2) is 24.0 Å². The Morgan fingerprint density at radius 2 is 1.66 bits per heavy atom. The molecule has 1 N–H and O–H groups in total. The summed E-state index contributed by atoms with van der Waals surface area (Å²) < 4.78 is 11.0. The van der Waals surface area contributed by atoms with Crippen LogP contribution in [0.2, 0.25) is 0 Å². The van der Waals surface area contributed by atoms with Crippen molar-refractivity contribution in [2.45, 2.75) is 0 Å². The summed E-state index contributed by atoms with van der Waals surface area (Å²) in [6.07, 6.45) is 3.01. The van der Waals surface area contributed by atoms with E-state index in [1.807, 2.05) is 6.07 Å². The molecule has 0 aliphatic rings. The number of phenolic OH excluding ortho intramolecular Hbond substituents is 1. The Bertz CT molecular complexity index is 1060. The number of allylic oxidation sites excluding steroid dienone is 1. The highest BCUT2D eigenvalue weighted by Gasteiger charge is 2.10. The summed E-state index contributed by atoms with van der Waals surface area (Å²) in [7, 11) is 1.48. The lowest BCUT2D eigenvalue weighted by molar-refractivity contribution is 0.0734. The fourth-order valence-electron chi connectivity index (χ4n) is 2.55. The Labute approximate surface area is 176 Å². The molecular formula is C23H17BrO5. The highest BCUT2D eigenvalue weighted by Crippen LogP contribution is 2.32. The van der Waals surface area contributed by atoms with Gasteiger partial charge >= 0.3 is 5.97 Å². The van der Waals surface area contributed by atoms with Crippen molar-refractivity contribution in [2.24, 2.45) is 0 Å². The van der Waals surface area contributed by atoms with Crippen LogP contribution in [0, 0.1) is 0 Å². The van der Waals surface area contributed by atoms with E-state index in [1.54, 1.807) is 60.7 Å². The van der Waals surface area contributed by atoms with E-state index in [4.69, 9.17) is 9.47 Å². The van der Waals surface area contributed by atoms with E-state index >= 15 is 0 Å². The molecule has 29 heavy (non-hydrogen) atoms. The maximum Gasteiger partial charge on any atom is 0.343 e. The number of rotatable bonds is 6. The second kappa shape index (κ2) is 9.21. The predicted molar refractivity (Wildman–Crippen MR) is 114 cm³/mol. The van der Waals surface area contributed by atoms with Gasteiger partial charge in [0, 0.05) is 17.2 Å². The van der Waals surface area contributed by atoms with Crippen molar-refractivity contribution in [3.05, 3.63) is 94.0 Å². The molecule has 0 aromatic heterocycles. The van der Waals surface area contributed by atoms with Gasteiger partial charge in [-0.05, 0) is 70.5 Å². The summed E-state index contributed by atoms with van der Waals surface area (Å²) in [5.41, 5.74) is 1.53. The van der Waals surface area contributed by atoms with Gasteiger partial charge in [-0.15, -0.1) is 0 Å². The van der Waals surface area contributed by atoms with Crippen LogP contribution >= 0.6 is 15.9 Å². The monoisotopic (exact) mass is 452 g/mol. The van der Waals surface area contributed by atoms with E-state index < -0.39 is 5.97 Å². The first-order chi connectivity index (χ1) is 14.0. The molecule has 6 heteroatoms. The summed E-state index contributed by atoms with van der Waals surface area (Å²) in [6.45, 7) is 0. The van der Waals surface area contributed by atoms with Crippen molar-refractivity contribution in [1.82, 2.24) is 0 Å². The number of esters is 1. The number of methoxy groups -OCH3 is 1. The third kappa shape index (κ3) is 5.12. The second-order valence-electron chi connectivity index (χ2n) is 6.02. The average Bonchev–Trinajstić information content (AvgIpc) is 2.75. The molecule has 0 unspecified atom stereocenters. The molecule has 0 bridgehead atoms. The number of ketones is 1. The fourth-order valence-corrected chi connectivity index (χ4v) is 2.92. The van der Waals surface area contributed by atoms with E-state index in [9.17, 15) is 14.7 Å². The van der Waals surface area contributed by atoms with Crippen molar-refractivity contribution >= 4 is 33.8 Å². The molecule has 0 aliphatic carbocycles. The fraction of sp³-hybridized carbons (Fsp3) is 0.0435. The first kappa shape index (κ1) is 20.4. The van der Waals surface area contributed by atoms with Crippen LogP contribution in [0.1, 0.15) is 26.3 Å². The van der Waals surface area contributed by atoms with Gasteiger partial charge in [0.25, 0.3) is 0 Å². The topological polar surface area (TPSA) is 72.8 Å². The second-order valence-corrected chi connectivity index (χ2v) is 6.88. The first-order valence-corrected chi connectivity index (χ1v) is 9.43. The molecule has 3 rings (SSSR count). The molecule has 0 aliphatic heterocycles. The van der Waals surface area contributed by atoms with E-state index in [2.05, 4.69) is 15.9 Å². The lowest BCUT2D eigenvalue weighted by atomic mass is 10.1. The van der Waals surface area contributed by atoms with E-state index in [-0.39, 0.29) is 11.5 Å². The van der Waals surface area contributed by atoms with Crippen LogP contribution < -0.4 is 9.47 Å². The third-order valence-electron chi connectivity index (χ3n) is 4.07.